The lowest BCUT2D eigenvalue weighted by atomic mass is 10.1. The van der Waals surface area contributed by atoms with Crippen molar-refractivity contribution in [2.24, 2.45) is 0 Å². The standard InChI is InChI=1S/C17H13F2NO6/c18-11-3-4-13(19)12(9-11)16(21)26-15-5-2-10(8-14(15)20(22)23)17-24-6-1-7-25-17/h2-5,8-9,17H,1,6-7H2. The van der Waals surface area contributed by atoms with Crippen LogP contribution >= 0.6 is 0 Å². The summed E-state index contributed by atoms with van der Waals surface area (Å²) in [7, 11) is 0. The minimum atomic E-state index is -1.25. The number of ether oxygens (including phenoxy) is 3. The predicted molar refractivity (Wildman–Crippen MR) is 83.7 cm³/mol. The van der Waals surface area contributed by atoms with Gasteiger partial charge in [0.15, 0.2) is 6.29 Å². The Hall–Kier alpha value is -2.91. The first-order chi connectivity index (χ1) is 12.5. The first-order valence-corrected chi connectivity index (χ1v) is 7.64. The predicted octanol–water partition coefficient (Wildman–Crippen LogP) is 3.53. The average molecular weight is 365 g/mol. The number of nitrogens with zero attached hydrogens (tertiary/aromatic N) is 1. The van der Waals surface area contributed by atoms with E-state index in [9.17, 15) is 23.7 Å². The van der Waals surface area contributed by atoms with Crippen LogP contribution in [0.1, 0.15) is 28.6 Å². The Morgan fingerprint density at radius 1 is 1.15 bits per heavy atom. The Labute approximate surface area is 146 Å². The molecule has 3 rings (SSSR count). The second-order valence-corrected chi connectivity index (χ2v) is 5.43. The maximum atomic E-state index is 13.7. The van der Waals surface area contributed by atoms with Gasteiger partial charge in [0.25, 0.3) is 0 Å². The van der Waals surface area contributed by atoms with Crippen LogP contribution in [0.5, 0.6) is 5.75 Å². The van der Waals surface area contributed by atoms with Gasteiger partial charge in [-0.2, -0.15) is 0 Å². The second kappa shape index (κ2) is 7.54. The zero-order chi connectivity index (χ0) is 18.7. The van der Waals surface area contributed by atoms with Crippen LogP contribution in [0.4, 0.5) is 14.5 Å². The largest absolute Gasteiger partial charge is 0.415 e. The molecule has 1 heterocycles. The number of carbonyl (C=O) groups excluding carboxylic acids is 1. The fourth-order valence-electron chi connectivity index (χ4n) is 2.40. The number of nitro groups is 1. The van der Waals surface area contributed by atoms with Gasteiger partial charge < -0.3 is 14.2 Å². The van der Waals surface area contributed by atoms with Crippen molar-refractivity contribution in [1.82, 2.24) is 0 Å². The van der Waals surface area contributed by atoms with E-state index in [0.29, 0.717) is 31.3 Å². The monoisotopic (exact) mass is 365 g/mol. The zero-order valence-electron chi connectivity index (χ0n) is 13.3. The maximum absolute atomic E-state index is 13.7. The fraction of sp³-hybridized carbons (Fsp3) is 0.235. The second-order valence-electron chi connectivity index (χ2n) is 5.43. The normalized spacial score (nSPS) is 14.8. The summed E-state index contributed by atoms with van der Waals surface area (Å²) >= 11 is 0. The third-order valence-corrected chi connectivity index (χ3v) is 3.63. The fourth-order valence-corrected chi connectivity index (χ4v) is 2.40. The van der Waals surface area contributed by atoms with E-state index in [4.69, 9.17) is 14.2 Å². The minimum Gasteiger partial charge on any atom is -0.415 e. The number of hydrogen-bond donors (Lipinski definition) is 0. The van der Waals surface area contributed by atoms with Crippen LogP contribution in [0.2, 0.25) is 0 Å². The van der Waals surface area contributed by atoms with Gasteiger partial charge in [0, 0.05) is 11.6 Å². The number of benzene rings is 2. The summed E-state index contributed by atoms with van der Waals surface area (Å²) in [6.07, 6.45) is -0.0408. The van der Waals surface area contributed by atoms with E-state index in [2.05, 4.69) is 0 Å². The molecular formula is C17H13F2NO6. The van der Waals surface area contributed by atoms with E-state index in [0.717, 1.165) is 18.2 Å². The van der Waals surface area contributed by atoms with Crippen LogP contribution in [0.3, 0.4) is 0 Å². The summed E-state index contributed by atoms with van der Waals surface area (Å²) in [5, 5.41) is 11.3. The number of halogens is 2. The molecule has 0 radical (unpaired) electrons. The van der Waals surface area contributed by atoms with Gasteiger partial charge in [-0.15, -0.1) is 0 Å². The summed E-state index contributed by atoms with van der Waals surface area (Å²) in [4.78, 5) is 22.6. The van der Waals surface area contributed by atoms with Gasteiger partial charge in [0.2, 0.25) is 5.75 Å². The molecule has 0 bridgehead atoms. The van der Waals surface area contributed by atoms with Gasteiger partial charge in [0.1, 0.15) is 11.6 Å². The summed E-state index contributed by atoms with van der Waals surface area (Å²) in [5.74, 6) is -3.49. The maximum Gasteiger partial charge on any atom is 0.346 e. The van der Waals surface area contributed by atoms with Crippen LogP contribution in [-0.4, -0.2) is 24.1 Å². The lowest BCUT2D eigenvalue weighted by Crippen LogP contribution is -2.18. The van der Waals surface area contributed by atoms with Crippen molar-refractivity contribution in [3.8, 4) is 5.75 Å². The van der Waals surface area contributed by atoms with E-state index in [1.807, 2.05) is 0 Å². The van der Waals surface area contributed by atoms with Crippen LogP contribution < -0.4 is 4.74 Å². The molecule has 0 saturated carbocycles. The molecule has 26 heavy (non-hydrogen) atoms. The molecule has 0 amide bonds. The molecule has 0 aliphatic carbocycles. The SMILES string of the molecule is O=C(Oc1ccc(C2OCCCO2)cc1[N+](=O)[O-])c1cc(F)ccc1F. The van der Waals surface area contributed by atoms with Crippen LogP contribution in [0.15, 0.2) is 36.4 Å². The number of hydrogen-bond acceptors (Lipinski definition) is 6. The first-order valence-electron chi connectivity index (χ1n) is 7.64. The topological polar surface area (TPSA) is 87.9 Å². The molecule has 1 aliphatic heterocycles. The number of rotatable bonds is 4. The lowest BCUT2D eigenvalue weighted by Gasteiger charge is -2.23. The highest BCUT2D eigenvalue weighted by Crippen LogP contribution is 2.33. The Morgan fingerprint density at radius 3 is 2.58 bits per heavy atom. The minimum absolute atomic E-state index is 0.383. The highest BCUT2D eigenvalue weighted by molar-refractivity contribution is 5.91. The highest BCUT2D eigenvalue weighted by Gasteiger charge is 2.25. The van der Waals surface area contributed by atoms with Gasteiger partial charge in [0.05, 0.1) is 23.7 Å². The van der Waals surface area contributed by atoms with Crippen molar-refractivity contribution in [2.75, 3.05) is 13.2 Å². The Bertz CT molecular complexity index is 851. The van der Waals surface area contributed by atoms with Crippen molar-refractivity contribution >= 4 is 11.7 Å². The highest BCUT2D eigenvalue weighted by atomic mass is 19.1. The molecule has 0 aromatic heterocycles. The molecule has 2 aromatic carbocycles. The van der Waals surface area contributed by atoms with Crippen molar-refractivity contribution in [3.05, 3.63) is 69.3 Å². The number of carbonyl (C=O) groups is 1. The van der Waals surface area contributed by atoms with Crippen molar-refractivity contribution in [2.45, 2.75) is 12.7 Å². The Kier molecular flexibility index (Phi) is 5.19. The van der Waals surface area contributed by atoms with E-state index in [1.54, 1.807) is 0 Å². The van der Waals surface area contributed by atoms with Crippen molar-refractivity contribution < 1.29 is 32.7 Å². The molecule has 0 atom stereocenters. The van der Waals surface area contributed by atoms with Crippen molar-refractivity contribution in [3.63, 3.8) is 0 Å². The van der Waals surface area contributed by atoms with E-state index >= 15 is 0 Å². The van der Waals surface area contributed by atoms with Crippen LogP contribution in [0.25, 0.3) is 0 Å². The lowest BCUT2D eigenvalue weighted by molar-refractivity contribution is -0.385. The molecule has 0 unspecified atom stereocenters. The molecule has 9 heteroatoms. The van der Waals surface area contributed by atoms with E-state index in [1.165, 1.54) is 12.1 Å². The smallest absolute Gasteiger partial charge is 0.346 e. The molecule has 0 N–H and O–H groups in total. The summed E-state index contributed by atoms with van der Waals surface area (Å²) in [5.41, 5.74) is -0.805. The third-order valence-electron chi connectivity index (χ3n) is 3.63. The molecule has 7 nitrogen and oxygen atoms in total. The van der Waals surface area contributed by atoms with Crippen LogP contribution in [0, 0.1) is 21.7 Å². The average Bonchev–Trinajstić information content (AvgIpc) is 2.64. The summed E-state index contributed by atoms with van der Waals surface area (Å²) < 4.78 is 42.5. The summed E-state index contributed by atoms with van der Waals surface area (Å²) in [6.45, 7) is 0.905. The zero-order valence-corrected chi connectivity index (χ0v) is 13.3. The number of esters is 1. The van der Waals surface area contributed by atoms with Gasteiger partial charge in [-0.3, -0.25) is 10.1 Å². The van der Waals surface area contributed by atoms with Gasteiger partial charge in [-0.05, 0) is 36.8 Å². The third kappa shape index (κ3) is 3.84. The molecule has 1 saturated heterocycles. The Morgan fingerprint density at radius 2 is 1.88 bits per heavy atom. The molecule has 2 aromatic rings. The summed E-state index contributed by atoms with van der Waals surface area (Å²) in [6, 6.07) is 6.04. The first kappa shape index (κ1) is 17.9. The molecule has 136 valence electrons. The van der Waals surface area contributed by atoms with Crippen molar-refractivity contribution in [1.29, 1.82) is 0 Å². The van der Waals surface area contributed by atoms with Gasteiger partial charge in [-0.25, -0.2) is 13.6 Å². The van der Waals surface area contributed by atoms with Gasteiger partial charge >= 0.3 is 11.7 Å². The molecule has 0 spiro atoms. The molecule has 1 aliphatic rings. The Balaban J connectivity index is 1.88. The van der Waals surface area contributed by atoms with E-state index in [-0.39, 0.29) is 0 Å². The molecule has 1 fully saturated rings. The molecular weight excluding hydrogens is 352 g/mol. The van der Waals surface area contributed by atoms with E-state index < -0.39 is 45.8 Å². The van der Waals surface area contributed by atoms with Gasteiger partial charge in [-0.1, -0.05) is 0 Å². The quantitative estimate of drug-likeness (QED) is 0.356. The van der Waals surface area contributed by atoms with Crippen LogP contribution in [-0.2, 0) is 9.47 Å². The number of nitro benzene ring substituents is 1.